The first-order valence-electron chi connectivity index (χ1n) is 9.95. The molecule has 1 amide bonds. The lowest BCUT2D eigenvalue weighted by Crippen LogP contribution is -2.24. The van der Waals surface area contributed by atoms with Crippen molar-refractivity contribution in [2.45, 2.75) is 38.0 Å². The summed E-state index contributed by atoms with van der Waals surface area (Å²) in [5.74, 6) is -0.00405. The van der Waals surface area contributed by atoms with Gasteiger partial charge < -0.3 is 0 Å². The fraction of sp³-hybridized carbons (Fsp3) is 0.250. The summed E-state index contributed by atoms with van der Waals surface area (Å²) in [6, 6.07) is 19.7. The summed E-state index contributed by atoms with van der Waals surface area (Å²) in [5, 5.41) is 2.84. The highest BCUT2D eigenvalue weighted by molar-refractivity contribution is 5.99. The molecule has 0 bridgehead atoms. The van der Waals surface area contributed by atoms with E-state index >= 15 is 0 Å². The summed E-state index contributed by atoms with van der Waals surface area (Å²) in [4.78, 5) is 34.1. The lowest BCUT2D eigenvalue weighted by molar-refractivity contribution is -0.117. The number of fused-ring (bicyclic) bond motifs is 1. The third-order valence-corrected chi connectivity index (χ3v) is 5.47. The van der Waals surface area contributed by atoms with Crippen LogP contribution in [0.5, 0.6) is 0 Å². The Morgan fingerprint density at radius 1 is 1.07 bits per heavy atom. The molecule has 0 aliphatic heterocycles. The number of carbonyl (C=O) groups is 2. The molecule has 0 saturated heterocycles. The van der Waals surface area contributed by atoms with Crippen LogP contribution in [0.4, 0.5) is 5.95 Å². The first-order chi connectivity index (χ1) is 14.2. The minimum absolute atomic E-state index is 0.0497. The van der Waals surface area contributed by atoms with Crippen LogP contribution < -0.4 is 5.32 Å². The molecule has 4 rings (SSSR count). The van der Waals surface area contributed by atoms with Crippen LogP contribution >= 0.6 is 0 Å². The van der Waals surface area contributed by atoms with Crippen molar-refractivity contribution < 1.29 is 9.59 Å². The zero-order valence-electron chi connectivity index (χ0n) is 16.3. The van der Waals surface area contributed by atoms with Crippen molar-refractivity contribution in [1.82, 2.24) is 9.97 Å². The van der Waals surface area contributed by atoms with Gasteiger partial charge in [-0.3, -0.25) is 14.9 Å². The Morgan fingerprint density at radius 3 is 2.45 bits per heavy atom. The van der Waals surface area contributed by atoms with Crippen molar-refractivity contribution in [2.24, 2.45) is 0 Å². The van der Waals surface area contributed by atoms with Crippen molar-refractivity contribution in [2.75, 3.05) is 5.32 Å². The molecule has 1 aliphatic carbocycles. The van der Waals surface area contributed by atoms with Gasteiger partial charge >= 0.3 is 0 Å². The van der Waals surface area contributed by atoms with E-state index in [1.165, 1.54) is 0 Å². The molecule has 0 unspecified atom stereocenters. The second-order valence-corrected chi connectivity index (χ2v) is 7.35. The van der Waals surface area contributed by atoms with Gasteiger partial charge in [-0.15, -0.1) is 0 Å². The highest BCUT2D eigenvalue weighted by Crippen LogP contribution is 2.32. The number of amides is 1. The van der Waals surface area contributed by atoms with Gasteiger partial charge in [0.15, 0.2) is 5.78 Å². The molecule has 1 aromatic heterocycles. The van der Waals surface area contributed by atoms with Gasteiger partial charge in [-0.2, -0.15) is 0 Å². The quantitative estimate of drug-likeness (QED) is 0.701. The molecule has 2 aromatic carbocycles. The van der Waals surface area contributed by atoms with Crippen molar-refractivity contribution in [3.05, 3.63) is 89.2 Å². The van der Waals surface area contributed by atoms with Crippen molar-refractivity contribution in [1.29, 1.82) is 0 Å². The molecule has 5 heteroatoms. The normalized spacial score (nSPS) is 16.7. The van der Waals surface area contributed by atoms with Crippen LogP contribution in [0, 0.1) is 0 Å². The van der Waals surface area contributed by atoms with Crippen LogP contribution in [0.25, 0.3) is 0 Å². The van der Waals surface area contributed by atoms with E-state index in [-0.39, 0.29) is 29.5 Å². The fourth-order valence-corrected chi connectivity index (χ4v) is 3.92. The molecule has 146 valence electrons. The Labute approximate surface area is 170 Å². The first kappa shape index (κ1) is 19.0. The molecule has 0 fully saturated rings. The molecule has 5 nitrogen and oxygen atoms in total. The van der Waals surface area contributed by atoms with E-state index in [0.29, 0.717) is 30.5 Å². The standard InChI is InChI=1S/C24H23N3O2/c1-2-19(17-11-7-4-8-12-17)23(29)27-24-25-15-20-21(26-24)13-18(14-22(20)28)16-9-5-3-6-10-16/h3-12,15,18-19H,2,13-14H2,1H3,(H,25,26,27,29)/t18-,19+/m1/s1. The maximum Gasteiger partial charge on any atom is 0.234 e. The van der Waals surface area contributed by atoms with Crippen LogP contribution in [-0.4, -0.2) is 21.7 Å². The summed E-state index contributed by atoms with van der Waals surface area (Å²) in [6.45, 7) is 1.98. The number of nitrogens with zero attached hydrogens (tertiary/aromatic N) is 2. The molecule has 1 heterocycles. The average Bonchev–Trinajstić information content (AvgIpc) is 2.75. The Morgan fingerprint density at radius 2 is 1.76 bits per heavy atom. The number of ketones is 1. The van der Waals surface area contributed by atoms with Crippen LogP contribution in [0.2, 0.25) is 0 Å². The molecule has 0 spiro atoms. The number of aromatic nitrogens is 2. The predicted molar refractivity (Wildman–Crippen MR) is 112 cm³/mol. The van der Waals surface area contributed by atoms with Crippen LogP contribution in [0.1, 0.15) is 58.8 Å². The molecule has 29 heavy (non-hydrogen) atoms. The van der Waals surface area contributed by atoms with E-state index in [1.54, 1.807) is 6.20 Å². The van der Waals surface area contributed by atoms with E-state index in [0.717, 1.165) is 11.1 Å². The van der Waals surface area contributed by atoms with E-state index in [2.05, 4.69) is 15.3 Å². The second kappa shape index (κ2) is 8.35. The van der Waals surface area contributed by atoms with Crippen molar-refractivity contribution in [3.8, 4) is 0 Å². The topological polar surface area (TPSA) is 72.0 Å². The van der Waals surface area contributed by atoms with Gasteiger partial charge in [0.1, 0.15) is 0 Å². The number of hydrogen-bond donors (Lipinski definition) is 1. The Kier molecular flexibility index (Phi) is 5.47. The monoisotopic (exact) mass is 385 g/mol. The summed E-state index contributed by atoms with van der Waals surface area (Å²) < 4.78 is 0. The summed E-state index contributed by atoms with van der Waals surface area (Å²) in [7, 11) is 0. The Bertz CT molecular complexity index is 1020. The Balaban J connectivity index is 1.55. The molecule has 0 radical (unpaired) electrons. The fourth-order valence-electron chi connectivity index (χ4n) is 3.92. The van der Waals surface area contributed by atoms with Gasteiger partial charge in [0, 0.05) is 12.6 Å². The number of Topliss-reactive ketones (excluding diaryl/α,β-unsaturated/α-hetero) is 1. The van der Waals surface area contributed by atoms with Crippen LogP contribution in [-0.2, 0) is 11.2 Å². The van der Waals surface area contributed by atoms with Crippen LogP contribution in [0.3, 0.4) is 0 Å². The number of benzene rings is 2. The lowest BCUT2D eigenvalue weighted by Gasteiger charge is -2.23. The summed E-state index contributed by atoms with van der Waals surface area (Å²) >= 11 is 0. The van der Waals surface area contributed by atoms with E-state index in [1.807, 2.05) is 67.6 Å². The largest absolute Gasteiger partial charge is 0.294 e. The molecule has 3 aromatic rings. The number of hydrogen-bond acceptors (Lipinski definition) is 4. The number of nitrogens with one attached hydrogen (secondary N) is 1. The minimum Gasteiger partial charge on any atom is -0.294 e. The first-order valence-corrected chi connectivity index (χ1v) is 9.95. The maximum absolute atomic E-state index is 12.8. The zero-order valence-corrected chi connectivity index (χ0v) is 16.3. The van der Waals surface area contributed by atoms with Gasteiger partial charge in [-0.05, 0) is 29.9 Å². The van der Waals surface area contributed by atoms with Gasteiger partial charge in [0.25, 0.3) is 0 Å². The van der Waals surface area contributed by atoms with Gasteiger partial charge in [0.05, 0.1) is 17.2 Å². The summed E-state index contributed by atoms with van der Waals surface area (Å²) in [6.07, 6.45) is 3.34. The molecular weight excluding hydrogens is 362 g/mol. The summed E-state index contributed by atoms with van der Waals surface area (Å²) in [5.41, 5.74) is 3.36. The number of anilines is 1. The third kappa shape index (κ3) is 4.09. The highest BCUT2D eigenvalue weighted by Gasteiger charge is 2.28. The molecule has 1 aliphatic rings. The average molecular weight is 385 g/mol. The highest BCUT2D eigenvalue weighted by atomic mass is 16.2. The smallest absolute Gasteiger partial charge is 0.234 e. The lowest BCUT2D eigenvalue weighted by atomic mass is 9.82. The second-order valence-electron chi connectivity index (χ2n) is 7.35. The molecule has 0 saturated carbocycles. The van der Waals surface area contributed by atoms with Gasteiger partial charge in [-0.25, -0.2) is 9.97 Å². The number of rotatable bonds is 5. The maximum atomic E-state index is 12.8. The molecule has 1 N–H and O–H groups in total. The molecule has 2 atom stereocenters. The van der Waals surface area contributed by atoms with Gasteiger partial charge in [0.2, 0.25) is 11.9 Å². The van der Waals surface area contributed by atoms with E-state index in [4.69, 9.17) is 0 Å². The predicted octanol–water partition coefficient (Wildman–Crippen LogP) is 4.52. The minimum atomic E-state index is -0.269. The van der Waals surface area contributed by atoms with E-state index in [9.17, 15) is 9.59 Å². The van der Waals surface area contributed by atoms with Gasteiger partial charge in [-0.1, -0.05) is 67.6 Å². The Hall–Kier alpha value is -3.34. The zero-order chi connectivity index (χ0) is 20.2. The van der Waals surface area contributed by atoms with E-state index < -0.39 is 0 Å². The third-order valence-electron chi connectivity index (χ3n) is 5.47. The van der Waals surface area contributed by atoms with Crippen LogP contribution in [0.15, 0.2) is 66.9 Å². The van der Waals surface area contributed by atoms with Crippen molar-refractivity contribution in [3.63, 3.8) is 0 Å². The van der Waals surface area contributed by atoms with Crippen molar-refractivity contribution >= 4 is 17.6 Å². The molecular formula is C24H23N3O2. The number of carbonyl (C=O) groups excluding carboxylic acids is 2. The SMILES string of the molecule is CC[C@H](C(=O)Nc1ncc2c(n1)C[C@@H](c1ccccc1)CC2=O)c1ccccc1.